The van der Waals surface area contributed by atoms with Gasteiger partial charge in [0.2, 0.25) is 5.91 Å². The molecule has 3 rings (SSSR count). The smallest absolute Gasteiger partial charge is 0.226 e. The van der Waals surface area contributed by atoms with Gasteiger partial charge >= 0.3 is 0 Å². The van der Waals surface area contributed by atoms with Crippen molar-refractivity contribution >= 4 is 5.91 Å². The van der Waals surface area contributed by atoms with Crippen molar-refractivity contribution in [1.29, 1.82) is 0 Å². The zero-order chi connectivity index (χ0) is 13.8. The van der Waals surface area contributed by atoms with Crippen molar-refractivity contribution in [2.75, 3.05) is 13.1 Å². The Bertz CT molecular complexity index is 475. The zero-order valence-corrected chi connectivity index (χ0v) is 11.9. The molecule has 0 bridgehead atoms. The Morgan fingerprint density at radius 1 is 1.10 bits per heavy atom. The maximum atomic E-state index is 12.5. The van der Waals surface area contributed by atoms with Gasteiger partial charge in [0, 0.05) is 31.4 Å². The van der Waals surface area contributed by atoms with Crippen LogP contribution in [-0.2, 0) is 4.79 Å². The third kappa shape index (κ3) is 2.92. The number of nitrogens with zero attached hydrogens (tertiary/aromatic N) is 2. The molecule has 0 saturated carbocycles. The van der Waals surface area contributed by atoms with E-state index in [-0.39, 0.29) is 5.92 Å². The highest BCUT2D eigenvalue weighted by Crippen LogP contribution is 2.29. The third-order valence-corrected chi connectivity index (χ3v) is 4.60. The van der Waals surface area contributed by atoms with Crippen molar-refractivity contribution in [3.63, 3.8) is 0 Å². The predicted octanol–water partition coefficient (Wildman–Crippen LogP) is 3.14. The lowest BCUT2D eigenvalue weighted by Crippen LogP contribution is -2.41. The third-order valence-electron chi connectivity index (χ3n) is 4.60. The van der Waals surface area contributed by atoms with E-state index in [9.17, 15) is 4.79 Å². The second kappa shape index (κ2) is 6.21. The van der Waals surface area contributed by atoms with Gasteiger partial charge in [-0.25, -0.2) is 0 Å². The highest BCUT2D eigenvalue weighted by atomic mass is 16.2. The summed E-state index contributed by atoms with van der Waals surface area (Å²) in [7, 11) is 0. The largest absolute Gasteiger partial charge is 0.342 e. The molecule has 1 atom stereocenters. The number of carbonyl (C=O) groups is 1. The van der Waals surface area contributed by atoms with Gasteiger partial charge in [-0.1, -0.05) is 12.2 Å². The van der Waals surface area contributed by atoms with Crippen molar-refractivity contribution in [1.82, 2.24) is 9.88 Å². The van der Waals surface area contributed by atoms with E-state index in [1.165, 1.54) is 5.56 Å². The Morgan fingerprint density at radius 3 is 2.50 bits per heavy atom. The summed E-state index contributed by atoms with van der Waals surface area (Å²) >= 11 is 0. The number of hydrogen-bond acceptors (Lipinski definition) is 2. The molecule has 0 radical (unpaired) electrons. The first kappa shape index (κ1) is 13.3. The zero-order valence-electron chi connectivity index (χ0n) is 11.9. The van der Waals surface area contributed by atoms with Crippen LogP contribution in [0.15, 0.2) is 36.7 Å². The van der Waals surface area contributed by atoms with Crippen LogP contribution in [0.1, 0.15) is 43.6 Å². The van der Waals surface area contributed by atoms with Crippen LogP contribution in [-0.4, -0.2) is 28.9 Å². The second-order valence-electron chi connectivity index (χ2n) is 5.86. The van der Waals surface area contributed by atoms with Gasteiger partial charge in [0.25, 0.3) is 0 Å². The fourth-order valence-corrected chi connectivity index (χ4v) is 3.34. The maximum Gasteiger partial charge on any atom is 0.226 e. The molecule has 1 aromatic heterocycles. The Kier molecular flexibility index (Phi) is 4.14. The number of likely N-dealkylation sites (tertiary alicyclic amines) is 1. The highest BCUT2D eigenvalue weighted by molar-refractivity contribution is 5.79. The Balaban J connectivity index is 1.56. The van der Waals surface area contributed by atoms with Gasteiger partial charge < -0.3 is 4.90 Å². The van der Waals surface area contributed by atoms with Crippen LogP contribution in [0.25, 0.3) is 0 Å². The van der Waals surface area contributed by atoms with Gasteiger partial charge in [-0.15, -0.1) is 0 Å². The van der Waals surface area contributed by atoms with Crippen molar-refractivity contribution in [2.24, 2.45) is 5.92 Å². The molecule has 1 saturated heterocycles. The standard InChI is InChI=1S/C17H22N2O/c20-17(16-4-2-1-3-5-16)19-12-8-15(9-13-19)14-6-10-18-11-7-14/h1-2,6-7,10-11,15-16H,3-5,8-9,12-13H2/t16-/m0/s1. The Labute approximate surface area is 120 Å². The van der Waals surface area contributed by atoms with E-state index >= 15 is 0 Å². The number of hydrogen-bond donors (Lipinski definition) is 0. The van der Waals surface area contributed by atoms with E-state index in [1.807, 2.05) is 12.4 Å². The molecule has 3 heteroatoms. The lowest BCUT2D eigenvalue weighted by Gasteiger charge is -2.34. The summed E-state index contributed by atoms with van der Waals surface area (Å²) in [5, 5.41) is 0. The van der Waals surface area contributed by atoms with E-state index in [2.05, 4.69) is 34.2 Å². The monoisotopic (exact) mass is 270 g/mol. The first-order valence-corrected chi connectivity index (χ1v) is 7.68. The molecule has 3 nitrogen and oxygen atoms in total. The SMILES string of the molecule is O=C([C@H]1CC=CCC1)N1CCC(c2ccncc2)CC1. The fourth-order valence-electron chi connectivity index (χ4n) is 3.34. The van der Waals surface area contributed by atoms with Crippen molar-refractivity contribution in [3.05, 3.63) is 42.2 Å². The maximum absolute atomic E-state index is 12.5. The minimum Gasteiger partial charge on any atom is -0.342 e. The fraction of sp³-hybridized carbons (Fsp3) is 0.529. The molecular weight excluding hydrogens is 248 g/mol. The van der Waals surface area contributed by atoms with Crippen LogP contribution in [0, 0.1) is 5.92 Å². The van der Waals surface area contributed by atoms with Crippen LogP contribution < -0.4 is 0 Å². The average Bonchev–Trinajstić information content (AvgIpc) is 2.56. The van der Waals surface area contributed by atoms with Crippen LogP contribution in [0.4, 0.5) is 0 Å². The lowest BCUT2D eigenvalue weighted by atomic mass is 9.88. The minimum atomic E-state index is 0.234. The number of carbonyl (C=O) groups excluding carboxylic acids is 1. The molecule has 2 heterocycles. The summed E-state index contributed by atoms with van der Waals surface area (Å²) in [5.74, 6) is 1.20. The van der Waals surface area contributed by atoms with Gasteiger partial charge in [0.05, 0.1) is 0 Å². The van der Waals surface area contributed by atoms with Crippen LogP contribution >= 0.6 is 0 Å². The lowest BCUT2D eigenvalue weighted by molar-refractivity contribution is -0.136. The molecule has 0 spiro atoms. The van der Waals surface area contributed by atoms with Gasteiger partial charge in [0.15, 0.2) is 0 Å². The van der Waals surface area contributed by atoms with Gasteiger partial charge in [-0.3, -0.25) is 9.78 Å². The Morgan fingerprint density at radius 2 is 1.85 bits per heavy atom. The van der Waals surface area contributed by atoms with Crippen molar-refractivity contribution in [3.8, 4) is 0 Å². The van der Waals surface area contributed by atoms with Crippen LogP contribution in [0.5, 0.6) is 0 Å². The number of allylic oxidation sites excluding steroid dienone is 2. The molecule has 0 unspecified atom stereocenters. The molecule has 1 fully saturated rings. The average molecular weight is 270 g/mol. The van der Waals surface area contributed by atoms with Crippen molar-refractivity contribution in [2.45, 2.75) is 38.0 Å². The molecule has 1 aliphatic heterocycles. The molecule has 1 aliphatic carbocycles. The number of aromatic nitrogens is 1. The quantitative estimate of drug-likeness (QED) is 0.773. The summed E-state index contributed by atoms with van der Waals surface area (Å²) < 4.78 is 0. The molecule has 2 aliphatic rings. The normalized spacial score (nSPS) is 23.8. The number of amides is 1. The van der Waals surface area contributed by atoms with Crippen LogP contribution in [0.2, 0.25) is 0 Å². The summed E-state index contributed by atoms with van der Waals surface area (Å²) in [6.45, 7) is 1.82. The summed E-state index contributed by atoms with van der Waals surface area (Å²) in [6.07, 6.45) is 13.3. The highest BCUT2D eigenvalue weighted by Gasteiger charge is 2.28. The van der Waals surface area contributed by atoms with E-state index in [0.717, 1.165) is 45.2 Å². The minimum absolute atomic E-state index is 0.234. The summed E-state index contributed by atoms with van der Waals surface area (Å²) in [4.78, 5) is 18.6. The van der Waals surface area contributed by atoms with E-state index < -0.39 is 0 Å². The van der Waals surface area contributed by atoms with E-state index in [1.54, 1.807) is 0 Å². The first-order valence-electron chi connectivity index (χ1n) is 7.68. The van der Waals surface area contributed by atoms with Gasteiger partial charge in [0.1, 0.15) is 0 Å². The van der Waals surface area contributed by atoms with Gasteiger partial charge in [-0.2, -0.15) is 0 Å². The van der Waals surface area contributed by atoms with E-state index in [4.69, 9.17) is 0 Å². The summed E-state index contributed by atoms with van der Waals surface area (Å²) in [6, 6.07) is 4.21. The van der Waals surface area contributed by atoms with Crippen molar-refractivity contribution < 1.29 is 4.79 Å². The summed E-state index contributed by atoms with van der Waals surface area (Å²) in [5.41, 5.74) is 1.37. The molecule has 0 N–H and O–H groups in total. The van der Waals surface area contributed by atoms with Crippen LogP contribution in [0.3, 0.4) is 0 Å². The predicted molar refractivity (Wildman–Crippen MR) is 79.3 cm³/mol. The second-order valence-corrected chi connectivity index (χ2v) is 5.86. The number of piperidine rings is 1. The van der Waals surface area contributed by atoms with Gasteiger partial charge in [-0.05, 0) is 55.7 Å². The molecular formula is C17H22N2O. The molecule has 1 amide bonds. The number of rotatable bonds is 2. The molecule has 106 valence electrons. The van der Waals surface area contributed by atoms with E-state index in [0.29, 0.717) is 11.8 Å². The first-order chi connectivity index (χ1) is 9.84. The Hall–Kier alpha value is -1.64. The molecule has 20 heavy (non-hydrogen) atoms. The molecule has 0 aromatic carbocycles. The number of pyridine rings is 1. The molecule has 1 aromatic rings. The topological polar surface area (TPSA) is 33.2 Å².